The van der Waals surface area contributed by atoms with E-state index in [0.717, 1.165) is 5.71 Å². The maximum atomic E-state index is 4.98. The van der Waals surface area contributed by atoms with Gasteiger partial charge in [-0.3, -0.25) is 5.01 Å². The molecule has 0 aliphatic carbocycles. The molecule has 2 aliphatic heterocycles. The molecule has 1 saturated heterocycles. The lowest BCUT2D eigenvalue weighted by atomic mass is 10.00. The molecule has 1 fully saturated rings. The molecule has 2 unspecified atom stereocenters. The molecule has 4 heteroatoms. The van der Waals surface area contributed by atoms with Crippen LogP contribution in [0.1, 0.15) is 45.6 Å². The standard InChI is InChI=1S/C21H25N3S/c1-14-7-6-8-15(2)24(14)23-16(3)17-11-12-21-19(13-17)22-18-9-4-5-10-20(18)25-21/h4-5,9-15,22H,6-8H2,1-3H3. The van der Waals surface area contributed by atoms with Gasteiger partial charge < -0.3 is 5.32 Å². The Labute approximate surface area is 154 Å². The summed E-state index contributed by atoms with van der Waals surface area (Å²) >= 11 is 1.83. The van der Waals surface area contributed by atoms with E-state index in [1.165, 1.54) is 46.0 Å². The highest BCUT2D eigenvalue weighted by atomic mass is 32.2. The van der Waals surface area contributed by atoms with E-state index in [9.17, 15) is 0 Å². The number of benzene rings is 2. The first-order chi connectivity index (χ1) is 12.1. The Bertz CT molecular complexity index is 805. The van der Waals surface area contributed by atoms with Crippen LogP contribution in [0.15, 0.2) is 57.4 Å². The van der Waals surface area contributed by atoms with E-state index in [0.29, 0.717) is 12.1 Å². The Hall–Kier alpha value is -1.94. The number of piperidine rings is 1. The lowest BCUT2D eigenvalue weighted by molar-refractivity contribution is 0.108. The molecule has 2 aliphatic rings. The average Bonchev–Trinajstić information content (AvgIpc) is 2.62. The van der Waals surface area contributed by atoms with Crippen molar-refractivity contribution in [1.29, 1.82) is 0 Å². The van der Waals surface area contributed by atoms with Crippen molar-refractivity contribution >= 4 is 28.8 Å². The molecule has 130 valence electrons. The van der Waals surface area contributed by atoms with Crippen molar-refractivity contribution < 1.29 is 0 Å². The van der Waals surface area contributed by atoms with Crippen LogP contribution in [0.4, 0.5) is 11.4 Å². The van der Waals surface area contributed by atoms with Gasteiger partial charge >= 0.3 is 0 Å². The van der Waals surface area contributed by atoms with E-state index in [1.807, 2.05) is 11.8 Å². The van der Waals surface area contributed by atoms with E-state index in [-0.39, 0.29) is 0 Å². The molecule has 2 aromatic rings. The van der Waals surface area contributed by atoms with Crippen LogP contribution in [0.25, 0.3) is 0 Å². The monoisotopic (exact) mass is 351 g/mol. The first kappa shape index (κ1) is 16.5. The number of para-hydroxylation sites is 1. The van der Waals surface area contributed by atoms with E-state index in [2.05, 4.69) is 73.6 Å². The molecular formula is C21H25N3S. The van der Waals surface area contributed by atoms with Crippen LogP contribution in [0.2, 0.25) is 0 Å². The second-order valence-electron chi connectivity index (χ2n) is 7.13. The molecule has 0 amide bonds. The minimum absolute atomic E-state index is 0.525. The summed E-state index contributed by atoms with van der Waals surface area (Å²) in [5.74, 6) is 0. The summed E-state index contributed by atoms with van der Waals surface area (Å²) in [4.78, 5) is 2.55. The molecule has 25 heavy (non-hydrogen) atoms. The molecule has 2 atom stereocenters. The van der Waals surface area contributed by atoms with Crippen LogP contribution in [0, 0.1) is 0 Å². The number of hydrazone groups is 1. The quantitative estimate of drug-likeness (QED) is 0.584. The lowest BCUT2D eigenvalue weighted by Gasteiger charge is -2.37. The number of nitrogens with one attached hydrogen (secondary N) is 1. The highest BCUT2D eigenvalue weighted by molar-refractivity contribution is 7.99. The van der Waals surface area contributed by atoms with Crippen molar-refractivity contribution in [3.05, 3.63) is 48.0 Å². The van der Waals surface area contributed by atoms with Gasteiger partial charge in [0.2, 0.25) is 0 Å². The number of fused-ring (bicyclic) bond motifs is 2. The lowest BCUT2D eigenvalue weighted by Crippen LogP contribution is -2.40. The fraction of sp³-hybridized carbons (Fsp3) is 0.381. The summed E-state index contributed by atoms with van der Waals surface area (Å²) in [6, 6.07) is 16.1. The molecule has 4 rings (SSSR count). The van der Waals surface area contributed by atoms with Crippen LogP contribution in [-0.4, -0.2) is 22.8 Å². The third-order valence-electron chi connectivity index (χ3n) is 5.19. The first-order valence-corrected chi connectivity index (χ1v) is 9.95. The number of rotatable bonds is 2. The van der Waals surface area contributed by atoms with Crippen molar-refractivity contribution in [2.45, 2.75) is 61.9 Å². The summed E-state index contributed by atoms with van der Waals surface area (Å²) < 4.78 is 0. The minimum Gasteiger partial charge on any atom is -0.354 e. The highest BCUT2D eigenvalue weighted by Gasteiger charge is 2.23. The van der Waals surface area contributed by atoms with Gasteiger partial charge in [0.05, 0.1) is 17.1 Å². The van der Waals surface area contributed by atoms with Crippen LogP contribution in [0.3, 0.4) is 0 Å². The van der Waals surface area contributed by atoms with Crippen LogP contribution in [-0.2, 0) is 0 Å². The second-order valence-corrected chi connectivity index (χ2v) is 8.21. The van der Waals surface area contributed by atoms with E-state index in [1.54, 1.807) is 0 Å². The smallest absolute Gasteiger partial charge is 0.0647 e. The molecule has 2 heterocycles. The first-order valence-electron chi connectivity index (χ1n) is 9.13. The van der Waals surface area contributed by atoms with E-state index < -0.39 is 0 Å². The fourth-order valence-electron chi connectivity index (χ4n) is 3.70. The molecular weight excluding hydrogens is 326 g/mol. The summed E-state index contributed by atoms with van der Waals surface area (Å²) in [5.41, 5.74) is 4.64. The van der Waals surface area contributed by atoms with Gasteiger partial charge in [-0.05, 0) is 69.9 Å². The van der Waals surface area contributed by atoms with Gasteiger partial charge in [0.15, 0.2) is 0 Å². The van der Waals surface area contributed by atoms with Crippen molar-refractivity contribution in [2.24, 2.45) is 5.10 Å². The molecule has 3 nitrogen and oxygen atoms in total. The zero-order chi connectivity index (χ0) is 17.4. The van der Waals surface area contributed by atoms with Gasteiger partial charge in [-0.1, -0.05) is 30.0 Å². The van der Waals surface area contributed by atoms with E-state index >= 15 is 0 Å². The number of anilines is 2. The third-order valence-corrected chi connectivity index (χ3v) is 6.34. The fourth-order valence-corrected chi connectivity index (χ4v) is 4.67. The summed E-state index contributed by atoms with van der Waals surface area (Å²) in [5, 5.41) is 10.8. The van der Waals surface area contributed by atoms with Crippen molar-refractivity contribution in [1.82, 2.24) is 5.01 Å². The van der Waals surface area contributed by atoms with Crippen molar-refractivity contribution in [3.8, 4) is 0 Å². The summed E-state index contributed by atoms with van der Waals surface area (Å²) in [7, 11) is 0. The highest BCUT2D eigenvalue weighted by Crippen LogP contribution is 2.44. The van der Waals surface area contributed by atoms with Gasteiger partial charge in [-0.15, -0.1) is 0 Å². The molecule has 0 radical (unpaired) electrons. The molecule has 0 aromatic heterocycles. The maximum absolute atomic E-state index is 4.98. The predicted molar refractivity (Wildman–Crippen MR) is 107 cm³/mol. The summed E-state index contributed by atoms with van der Waals surface area (Å²) in [6.45, 7) is 6.70. The van der Waals surface area contributed by atoms with Crippen LogP contribution in [0.5, 0.6) is 0 Å². The predicted octanol–water partition coefficient (Wildman–Crippen LogP) is 5.88. The Balaban J connectivity index is 1.61. The van der Waals surface area contributed by atoms with Gasteiger partial charge in [-0.25, -0.2) is 0 Å². The second kappa shape index (κ2) is 6.75. The largest absolute Gasteiger partial charge is 0.354 e. The maximum Gasteiger partial charge on any atom is 0.0647 e. The molecule has 2 aromatic carbocycles. The number of nitrogens with zero attached hydrogens (tertiary/aromatic N) is 2. The Kier molecular flexibility index (Phi) is 4.46. The van der Waals surface area contributed by atoms with Gasteiger partial charge in [0.25, 0.3) is 0 Å². The molecule has 0 bridgehead atoms. The van der Waals surface area contributed by atoms with Crippen molar-refractivity contribution in [2.75, 3.05) is 5.32 Å². The topological polar surface area (TPSA) is 27.6 Å². The molecule has 0 spiro atoms. The van der Waals surface area contributed by atoms with Crippen molar-refractivity contribution in [3.63, 3.8) is 0 Å². The van der Waals surface area contributed by atoms with E-state index in [4.69, 9.17) is 5.10 Å². The minimum atomic E-state index is 0.525. The number of hydrogen-bond acceptors (Lipinski definition) is 4. The molecule has 1 N–H and O–H groups in total. The molecule has 0 saturated carbocycles. The number of hydrogen-bond donors (Lipinski definition) is 1. The normalized spacial score (nSPS) is 22.8. The van der Waals surface area contributed by atoms with Gasteiger partial charge in [0, 0.05) is 21.9 Å². The van der Waals surface area contributed by atoms with Gasteiger partial charge in [0.1, 0.15) is 0 Å². The summed E-state index contributed by atoms with van der Waals surface area (Å²) in [6.07, 6.45) is 3.79. The van der Waals surface area contributed by atoms with Crippen LogP contribution >= 0.6 is 11.8 Å². The van der Waals surface area contributed by atoms with Crippen LogP contribution < -0.4 is 5.32 Å². The Morgan fingerprint density at radius 1 is 1.04 bits per heavy atom. The third kappa shape index (κ3) is 3.28. The SMILES string of the molecule is CC(=NN1C(C)CCCC1C)c1ccc2c(c1)Nc1ccccc1S2. The zero-order valence-electron chi connectivity index (χ0n) is 15.1. The zero-order valence-corrected chi connectivity index (χ0v) is 15.9. The average molecular weight is 352 g/mol. The van der Waals surface area contributed by atoms with Gasteiger partial charge in [-0.2, -0.15) is 5.10 Å². The Morgan fingerprint density at radius 2 is 1.76 bits per heavy atom. The Morgan fingerprint density at radius 3 is 2.56 bits per heavy atom.